The molecule has 0 aliphatic carbocycles. The molecule has 1 heterocycles. The van der Waals surface area contributed by atoms with E-state index in [1.807, 2.05) is 12.1 Å². The van der Waals surface area contributed by atoms with Gasteiger partial charge in [0.05, 0.1) is 10.8 Å². The molecule has 0 saturated carbocycles. The minimum atomic E-state index is -3.60. The van der Waals surface area contributed by atoms with Crippen LogP contribution in [0.15, 0.2) is 53.4 Å². The predicted molar refractivity (Wildman–Crippen MR) is 121 cm³/mol. The summed E-state index contributed by atoms with van der Waals surface area (Å²) in [4.78, 5) is 24.0. The van der Waals surface area contributed by atoms with Crippen LogP contribution in [-0.2, 0) is 31.6 Å². The molecule has 0 bridgehead atoms. The molecule has 1 saturated heterocycles. The van der Waals surface area contributed by atoms with Crippen molar-refractivity contribution in [2.75, 3.05) is 13.1 Å². The third-order valence-electron chi connectivity index (χ3n) is 5.74. The number of primary amides is 1. The summed E-state index contributed by atoms with van der Waals surface area (Å²) in [6, 6.07) is 13.6. The van der Waals surface area contributed by atoms with Gasteiger partial charge in [0.1, 0.15) is 6.61 Å². The van der Waals surface area contributed by atoms with E-state index in [1.165, 1.54) is 4.31 Å². The Balaban J connectivity index is 1.56. The van der Waals surface area contributed by atoms with Crippen LogP contribution >= 0.6 is 0 Å². The topological polar surface area (TPSA) is 107 Å². The standard InChI is InChI=1S/C24H30N2O5S/c1-24(2,3)20-7-9-21(10-8-20)32(29,30)26-13-11-18(12-14-26)23(28)31-16-17-5-4-6-19(15-17)22(25)27/h4-10,15,18H,11-14,16H2,1-3H3,(H2,25,27). The van der Waals surface area contributed by atoms with Crippen molar-refractivity contribution in [2.45, 2.75) is 50.5 Å². The molecule has 172 valence electrons. The molecule has 0 spiro atoms. The molecule has 32 heavy (non-hydrogen) atoms. The van der Waals surface area contributed by atoms with Crippen molar-refractivity contribution < 1.29 is 22.7 Å². The average Bonchev–Trinajstić information content (AvgIpc) is 2.77. The molecular weight excluding hydrogens is 428 g/mol. The third-order valence-corrected chi connectivity index (χ3v) is 7.65. The van der Waals surface area contributed by atoms with E-state index in [0.717, 1.165) is 5.56 Å². The number of carbonyl (C=O) groups is 2. The van der Waals surface area contributed by atoms with Crippen LogP contribution in [0.4, 0.5) is 0 Å². The summed E-state index contributed by atoms with van der Waals surface area (Å²) in [6.45, 7) is 6.80. The minimum absolute atomic E-state index is 0.0403. The summed E-state index contributed by atoms with van der Waals surface area (Å²) < 4.78 is 32.8. The van der Waals surface area contributed by atoms with Crippen molar-refractivity contribution in [3.05, 3.63) is 65.2 Å². The Morgan fingerprint density at radius 1 is 1.06 bits per heavy atom. The average molecular weight is 459 g/mol. The first kappa shape index (κ1) is 23.9. The first-order valence-corrected chi connectivity index (χ1v) is 12.1. The van der Waals surface area contributed by atoms with Gasteiger partial charge in [0, 0.05) is 18.7 Å². The van der Waals surface area contributed by atoms with Crippen LogP contribution in [0.5, 0.6) is 0 Å². The van der Waals surface area contributed by atoms with Gasteiger partial charge in [-0.1, -0.05) is 45.0 Å². The maximum absolute atomic E-state index is 13.0. The number of piperidine rings is 1. The molecule has 2 aromatic rings. The highest BCUT2D eigenvalue weighted by molar-refractivity contribution is 7.89. The largest absolute Gasteiger partial charge is 0.461 e. The highest BCUT2D eigenvalue weighted by Crippen LogP contribution is 2.27. The monoisotopic (exact) mass is 458 g/mol. The van der Waals surface area contributed by atoms with Gasteiger partial charge in [-0.15, -0.1) is 0 Å². The lowest BCUT2D eigenvalue weighted by Crippen LogP contribution is -2.40. The van der Waals surface area contributed by atoms with Gasteiger partial charge < -0.3 is 10.5 Å². The fraction of sp³-hybridized carbons (Fsp3) is 0.417. The van der Waals surface area contributed by atoms with Crippen molar-refractivity contribution in [1.82, 2.24) is 4.31 Å². The second-order valence-electron chi connectivity index (χ2n) is 9.13. The SMILES string of the molecule is CC(C)(C)c1ccc(S(=O)(=O)N2CCC(C(=O)OCc3cccc(C(N)=O)c3)CC2)cc1. The molecule has 2 aromatic carbocycles. The zero-order valence-electron chi connectivity index (χ0n) is 18.7. The van der Waals surface area contributed by atoms with Gasteiger partial charge in [0.25, 0.3) is 0 Å². The zero-order valence-corrected chi connectivity index (χ0v) is 19.5. The number of hydrogen-bond donors (Lipinski definition) is 1. The highest BCUT2D eigenvalue weighted by Gasteiger charge is 2.33. The van der Waals surface area contributed by atoms with E-state index in [0.29, 0.717) is 24.0 Å². The van der Waals surface area contributed by atoms with Gasteiger partial charge in [-0.05, 0) is 53.6 Å². The molecule has 1 fully saturated rings. The van der Waals surface area contributed by atoms with E-state index in [9.17, 15) is 18.0 Å². The Morgan fingerprint density at radius 2 is 1.69 bits per heavy atom. The van der Waals surface area contributed by atoms with E-state index in [2.05, 4.69) is 20.8 Å². The van der Waals surface area contributed by atoms with Crippen LogP contribution in [0.3, 0.4) is 0 Å². The van der Waals surface area contributed by atoms with Crippen molar-refractivity contribution in [3.63, 3.8) is 0 Å². The number of amides is 1. The predicted octanol–water partition coefficient (Wildman–Crippen LogP) is 3.23. The Labute approximate surface area is 189 Å². The Hall–Kier alpha value is -2.71. The molecular formula is C24H30N2O5S. The van der Waals surface area contributed by atoms with Crippen LogP contribution in [0.25, 0.3) is 0 Å². The number of rotatable bonds is 6. The fourth-order valence-electron chi connectivity index (χ4n) is 3.69. The quantitative estimate of drug-likeness (QED) is 0.669. The number of carbonyl (C=O) groups excluding carboxylic acids is 2. The first-order chi connectivity index (χ1) is 15.0. The first-order valence-electron chi connectivity index (χ1n) is 10.6. The molecule has 1 aliphatic rings. The summed E-state index contributed by atoms with van der Waals surface area (Å²) >= 11 is 0. The van der Waals surface area contributed by atoms with Crippen LogP contribution in [0.1, 0.15) is 55.1 Å². The molecule has 0 aromatic heterocycles. The van der Waals surface area contributed by atoms with Crippen molar-refractivity contribution >= 4 is 21.9 Å². The Kier molecular flexibility index (Phi) is 7.05. The second kappa shape index (κ2) is 9.42. The van der Waals surface area contributed by atoms with Crippen LogP contribution in [-0.4, -0.2) is 37.7 Å². The molecule has 7 nitrogen and oxygen atoms in total. The molecule has 1 amide bonds. The van der Waals surface area contributed by atoms with Crippen molar-refractivity contribution in [2.24, 2.45) is 11.7 Å². The van der Waals surface area contributed by atoms with Gasteiger partial charge in [-0.25, -0.2) is 8.42 Å². The number of hydrogen-bond acceptors (Lipinski definition) is 5. The summed E-state index contributed by atoms with van der Waals surface area (Å²) in [6.07, 6.45) is 0.804. The summed E-state index contributed by atoms with van der Waals surface area (Å²) in [7, 11) is -3.60. The van der Waals surface area contributed by atoms with Gasteiger partial charge in [-0.3, -0.25) is 9.59 Å². The molecule has 3 rings (SSSR count). The van der Waals surface area contributed by atoms with Gasteiger partial charge in [0.15, 0.2) is 0 Å². The minimum Gasteiger partial charge on any atom is -0.461 e. The molecule has 2 N–H and O–H groups in total. The highest BCUT2D eigenvalue weighted by atomic mass is 32.2. The summed E-state index contributed by atoms with van der Waals surface area (Å²) in [5.41, 5.74) is 7.32. The van der Waals surface area contributed by atoms with Crippen molar-refractivity contribution in [3.8, 4) is 0 Å². The Morgan fingerprint density at radius 3 is 2.25 bits per heavy atom. The van der Waals surface area contributed by atoms with Crippen molar-refractivity contribution in [1.29, 1.82) is 0 Å². The van der Waals surface area contributed by atoms with E-state index >= 15 is 0 Å². The van der Waals surface area contributed by atoms with Gasteiger partial charge in [0.2, 0.25) is 15.9 Å². The number of ether oxygens (including phenoxy) is 1. The lowest BCUT2D eigenvalue weighted by molar-refractivity contribution is -0.151. The zero-order chi connectivity index (χ0) is 23.5. The van der Waals surface area contributed by atoms with E-state index in [4.69, 9.17) is 10.5 Å². The fourth-order valence-corrected chi connectivity index (χ4v) is 5.16. The van der Waals surface area contributed by atoms with Gasteiger partial charge >= 0.3 is 5.97 Å². The summed E-state index contributed by atoms with van der Waals surface area (Å²) in [5, 5.41) is 0. The van der Waals surface area contributed by atoms with E-state index in [-0.39, 0.29) is 41.9 Å². The van der Waals surface area contributed by atoms with E-state index < -0.39 is 15.9 Å². The van der Waals surface area contributed by atoms with Gasteiger partial charge in [-0.2, -0.15) is 4.31 Å². The molecule has 0 atom stereocenters. The molecule has 8 heteroatoms. The van der Waals surface area contributed by atoms with E-state index in [1.54, 1.807) is 36.4 Å². The maximum Gasteiger partial charge on any atom is 0.309 e. The van der Waals surface area contributed by atoms with Crippen LogP contribution in [0.2, 0.25) is 0 Å². The second-order valence-corrected chi connectivity index (χ2v) is 11.1. The third kappa shape index (κ3) is 5.55. The number of sulfonamides is 1. The lowest BCUT2D eigenvalue weighted by atomic mass is 9.87. The molecule has 0 unspecified atom stereocenters. The smallest absolute Gasteiger partial charge is 0.309 e. The summed E-state index contributed by atoms with van der Waals surface area (Å²) in [5.74, 6) is -1.26. The maximum atomic E-state index is 13.0. The normalized spacial score (nSPS) is 16.0. The number of esters is 1. The number of benzene rings is 2. The number of nitrogens with zero attached hydrogens (tertiary/aromatic N) is 1. The molecule has 0 radical (unpaired) electrons. The molecule has 1 aliphatic heterocycles. The van der Waals surface area contributed by atoms with Crippen LogP contribution < -0.4 is 5.73 Å². The Bertz CT molecular complexity index is 1080. The number of nitrogens with two attached hydrogens (primary N) is 1. The van der Waals surface area contributed by atoms with Crippen LogP contribution in [0, 0.1) is 5.92 Å². The lowest BCUT2D eigenvalue weighted by Gasteiger charge is -2.30.